The second-order valence-electron chi connectivity index (χ2n) is 2.40. The summed E-state index contributed by atoms with van der Waals surface area (Å²) < 4.78 is 24.8. The first kappa shape index (κ1) is 11.2. The average Bonchev–Trinajstić information content (AvgIpc) is 2.15. The van der Waals surface area contributed by atoms with Crippen molar-refractivity contribution in [2.75, 3.05) is 0 Å². The van der Waals surface area contributed by atoms with Crippen molar-refractivity contribution >= 4 is 23.2 Å². The maximum atomic E-state index is 12.4. The quantitative estimate of drug-likeness (QED) is 0.740. The van der Waals surface area contributed by atoms with Gasteiger partial charge in [-0.3, -0.25) is 0 Å². The SMILES string of the molecule is N#Cc1nc(CCl)cc(Cl)c1C(F)F. The minimum absolute atomic E-state index is 0.0257. The first-order chi connectivity index (χ1) is 6.60. The Morgan fingerprint density at radius 2 is 2.21 bits per heavy atom. The summed E-state index contributed by atoms with van der Waals surface area (Å²) >= 11 is 11.0. The fourth-order valence-corrected chi connectivity index (χ4v) is 1.37. The van der Waals surface area contributed by atoms with E-state index < -0.39 is 12.0 Å². The van der Waals surface area contributed by atoms with Crippen molar-refractivity contribution in [1.29, 1.82) is 5.26 Å². The number of pyridine rings is 1. The molecular formula is C8H4Cl2F2N2. The fraction of sp³-hybridized carbons (Fsp3) is 0.250. The van der Waals surface area contributed by atoms with Gasteiger partial charge in [-0.15, -0.1) is 11.6 Å². The molecule has 0 aliphatic rings. The molecule has 0 aromatic carbocycles. The largest absolute Gasteiger partial charge is 0.268 e. The maximum Gasteiger partial charge on any atom is 0.268 e. The number of rotatable bonds is 2. The number of aromatic nitrogens is 1. The molecule has 1 heterocycles. The van der Waals surface area contributed by atoms with E-state index in [9.17, 15) is 8.78 Å². The lowest BCUT2D eigenvalue weighted by molar-refractivity contribution is 0.150. The van der Waals surface area contributed by atoms with E-state index in [1.165, 1.54) is 6.07 Å². The highest BCUT2D eigenvalue weighted by molar-refractivity contribution is 6.31. The summed E-state index contributed by atoms with van der Waals surface area (Å²) in [5.74, 6) is 0.0257. The highest BCUT2D eigenvalue weighted by Gasteiger charge is 2.19. The van der Waals surface area contributed by atoms with E-state index in [1.54, 1.807) is 6.07 Å². The molecule has 1 rings (SSSR count). The van der Waals surface area contributed by atoms with Crippen molar-refractivity contribution < 1.29 is 8.78 Å². The number of nitriles is 1. The molecule has 0 aliphatic heterocycles. The van der Waals surface area contributed by atoms with Crippen LogP contribution in [0.5, 0.6) is 0 Å². The lowest BCUT2D eigenvalue weighted by Gasteiger charge is -2.06. The van der Waals surface area contributed by atoms with Crippen LogP contribution in [-0.2, 0) is 5.88 Å². The van der Waals surface area contributed by atoms with E-state index in [0.29, 0.717) is 5.69 Å². The van der Waals surface area contributed by atoms with Gasteiger partial charge in [0.15, 0.2) is 5.69 Å². The molecule has 2 nitrogen and oxygen atoms in total. The Morgan fingerprint density at radius 3 is 2.64 bits per heavy atom. The molecule has 0 unspecified atom stereocenters. The van der Waals surface area contributed by atoms with Crippen LogP contribution in [0.3, 0.4) is 0 Å². The van der Waals surface area contributed by atoms with E-state index >= 15 is 0 Å². The summed E-state index contributed by atoms with van der Waals surface area (Å²) in [6.07, 6.45) is -2.81. The van der Waals surface area contributed by atoms with Crippen LogP contribution in [0.25, 0.3) is 0 Å². The average molecular weight is 237 g/mol. The molecule has 74 valence electrons. The van der Waals surface area contributed by atoms with E-state index in [2.05, 4.69) is 4.98 Å². The van der Waals surface area contributed by atoms with Crippen molar-refractivity contribution in [2.24, 2.45) is 0 Å². The highest BCUT2D eigenvalue weighted by atomic mass is 35.5. The molecule has 0 saturated carbocycles. The normalized spacial score (nSPS) is 10.3. The molecule has 0 bridgehead atoms. The number of halogens is 4. The third-order valence-electron chi connectivity index (χ3n) is 1.52. The summed E-state index contributed by atoms with van der Waals surface area (Å²) in [6, 6.07) is 2.79. The van der Waals surface area contributed by atoms with Crippen LogP contribution in [0.2, 0.25) is 5.02 Å². The Balaban J connectivity index is 3.37. The molecular weight excluding hydrogens is 233 g/mol. The van der Waals surface area contributed by atoms with Gasteiger partial charge in [0.25, 0.3) is 6.43 Å². The Labute approximate surface area is 89.1 Å². The molecule has 0 spiro atoms. The van der Waals surface area contributed by atoms with Gasteiger partial charge in [-0.25, -0.2) is 13.8 Å². The first-order valence-electron chi connectivity index (χ1n) is 3.53. The molecule has 0 fully saturated rings. The molecule has 0 aliphatic carbocycles. The minimum atomic E-state index is -2.81. The minimum Gasteiger partial charge on any atom is -0.240 e. The summed E-state index contributed by atoms with van der Waals surface area (Å²) in [7, 11) is 0. The van der Waals surface area contributed by atoms with Crippen molar-refractivity contribution in [1.82, 2.24) is 4.98 Å². The predicted molar refractivity (Wildman–Crippen MR) is 48.5 cm³/mol. The second-order valence-corrected chi connectivity index (χ2v) is 3.08. The molecule has 0 N–H and O–H groups in total. The zero-order valence-electron chi connectivity index (χ0n) is 6.77. The number of alkyl halides is 3. The van der Waals surface area contributed by atoms with Crippen LogP contribution >= 0.6 is 23.2 Å². The topological polar surface area (TPSA) is 36.7 Å². The van der Waals surface area contributed by atoms with Gasteiger partial charge in [-0.2, -0.15) is 5.26 Å². The fourth-order valence-electron chi connectivity index (χ4n) is 0.935. The van der Waals surface area contributed by atoms with Crippen molar-refractivity contribution in [3.8, 4) is 6.07 Å². The molecule has 6 heteroatoms. The Morgan fingerprint density at radius 1 is 1.57 bits per heavy atom. The van der Waals surface area contributed by atoms with Gasteiger partial charge in [0.2, 0.25) is 0 Å². The van der Waals surface area contributed by atoms with E-state index in [-0.39, 0.29) is 16.6 Å². The van der Waals surface area contributed by atoms with Crippen LogP contribution in [0.15, 0.2) is 6.07 Å². The molecule has 1 aromatic heterocycles. The maximum absolute atomic E-state index is 12.4. The lowest BCUT2D eigenvalue weighted by Crippen LogP contribution is -1.99. The van der Waals surface area contributed by atoms with Gasteiger partial charge in [0.1, 0.15) is 6.07 Å². The van der Waals surface area contributed by atoms with Crippen molar-refractivity contribution in [3.63, 3.8) is 0 Å². The van der Waals surface area contributed by atoms with Crippen LogP contribution in [0.4, 0.5) is 8.78 Å². The predicted octanol–water partition coefficient (Wildman–Crippen LogP) is 3.28. The Bertz CT molecular complexity index is 388. The Kier molecular flexibility index (Phi) is 3.62. The summed E-state index contributed by atoms with van der Waals surface area (Å²) in [5, 5.41) is 8.39. The van der Waals surface area contributed by atoms with Crippen LogP contribution < -0.4 is 0 Å². The molecule has 1 aromatic rings. The standard InChI is InChI=1S/C8H4Cl2F2N2/c9-2-4-1-5(10)7(8(11)12)6(3-13)14-4/h1,8H,2H2. The van der Waals surface area contributed by atoms with Gasteiger partial charge in [0, 0.05) is 0 Å². The van der Waals surface area contributed by atoms with Crippen LogP contribution in [0.1, 0.15) is 23.4 Å². The molecule has 0 saturated heterocycles. The highest BCUT2D eigenvalue weighted by Crippen LogP contribution is 2.29. The van der Waals surface area contributed by atoms with Gasteiger partial charge in [-0.05, 0) is 6.07 Å². The zero-order valence-corrected chi connectivity index (χ0v) is 8.28. The number of hydrogen-bond donors (Lipinski definition) is 0. The smallest absolute Gasteiger partial charge is 0.240 e. The number of hydrogen-bond acceptors (Lipinski definition) is 2. The third kappa shape index (κ3) is 2.11. The molecule has 0 amide bonds. The molecule has 0 atom stereocenters. The summed E-state index contributed by atoms with van der Waals surface area (Å²) in [5.41, 5.74) is -0.608. The van der Waals surface area contributed by atoms with Gasteiger partial charge in [-0.1, -0.05) is 11.6 Å². The van der Waals surface area contributed by atoms with Gasteiger partial charge >= 0.3 is 0 Å². The van der Waals surface area contributed by atoms with E-state index in [1.807, 2.05) is 0 Å². The monoisotopic (exact) mass is 236 g/mol. The van der Waals surface area contributed by atoms with E-state index in [0.717, 1.165) is 0 Å². The van der Waals surface area contributed by atoms with Crippen molar-refractivity contribution in [3.05, 3.63) is 28.0 Å². The number of nitrogens with zero attached hydrogens (tertiary/aromatic N) is 2. The van der Waals surface area contributed by atoms with Crippen molar-refractivity contribution in [2.45, 2.75) is 12.3 Å². The van der Waals surface area contributed by atoms with Gasteiger partial charge < -0.3 is 0 Å². The van der Waals surface area contributed by atoms with Gasteiger partial charge in [0.05, 0.1) is 22.2 Å². The van der Waals surface area contributed by atoms with E-state index in [4.69, 9.17) is 28.5 Å². The Hall–Kier alpha value is -0.920. The summed E-state index contributed by atoms with van der Waals surface area (Å²) in [4.78, 5) is 3.63. The van der Waals surface area contributed by atoms with Crippen LogP contribution in [0, 0.1) is 11.3 Å². The second kappa shape index (κ2) is 4.54. The zero-order chi connectivity index (χ0) is 10.7. The van der Waals surface area contributed by atoms with Crippen LogP contribution in [-0.4, -0.2) is 4.98 Å². The first-order valence-corrected chi connectivity index (χ1v) is 4.45. The molecule has 14 heavy (non-hydrogen) atoms. The third-order valence-corrected chi connectivity index (χ3v) is 2.11. The summed E-state index contributed by atoms with van der Waals surface area (Å²) in [6.45, 7) is 0. The molecule has 0 radical (unpaired) electrons. The lowest BCUT2D eigenvalue weighted by atomic mass is 10.2.